The molecule has 0 aliphatic heterocycles. The number of nitrogen functional groups attached to an aromatic ring is 1. The molecule has 0 aromatic heterocycles. The SMILES string of the molecule is Nc1cccc(OCC(=O)Nc2ccc(F)c(Br)c2)c1. The van der Waals surface area contributed by atoms with Gasteiger partial charge in [-0.15, -0.1) is 0 Å². The van der Waals surface area contributed by atoms with Crippen LogP contribution in [-0.4, -0.2) is 12.5 Å². The molecule has 4 nitrogen and oxygen atoms in total. The number of carbonyl (C=O) groups excluding carboxylic acids is 1. The molecule has 3 N–H and O–H groups in total. The summed E-state index contributed by atoms with van der Waals surface area (Å²) in [5, 5.41) is 2.60. The van der Waals surface area contributed by atoms with Crippen LogP contribution in [0, 0.1) is 5.82 Å². The summed E-state index contributed by atoms with van der Waals surface area (Å²) in [6.07, 6.45) is 0. The van der Waals surface area contributed by atoms with E-state index in [9.17, 15) is 9.18 Å². The van der Waals surface area contributed by atoms with Gasteiger partial charge in [-0.05, 0) is 46.3 Å². The topological polar surface area (TPSA) is 64.3 Å². The van der Waals surface area contributed by atoms with Crippen LogP contribution in [0.15, 0.2) is 46.9 Å². The van der Waals surface area contributed by atoms with Crippen LogP contribution >= 0.6 is 15.9 Å². The highest BCUT2D eigenvalue weighted by molar-refractivity contribution is 9.10. The molecule has 2 rings (SSSR count). The number of anilines is 2. The van der Waals surface area contributed by atoms with E-state index in [0.717, 1.165) is 0 Å². The average Bonchev–Trinajstić information content (AvgIpc) is 2.41. The predicted molar refractivity (Wildman–Crippen MR) is 79.1 cm³/mol. The fourth-order valence-electron chi connectivity index (χ4n) is 1.52. The average molecular weight is 339 g/mol. The first-order chi connectivity index (χ1) is 9.54. The van der Waals surface area contributed by atoms with Gasteiger partial charge in [-0.3, -0.25) is 4.79 Å². The third-order valence-corrected chi connectivity index (χ3v) is 3.04. The maximum absolute atomic E-state index is 13.0. The fraction of sp³-hybridized carbons (Fsp3) is 0.0714. The molecule has 0 aliphatic carbocycles. The molecule has 6 heteroatoms. The smallest absolute Gasteiger partial charge is 0.262 e. The molecule has 0 saturated carbocycles. The van der Waals surface area contributed by atoms with Crippen LogP contribution < -0.4 is 15.8 Å². The number of hydrogen-bond acceptors (Lipinski definition) is 3. The Hall–Kier alpha value is -2.08. The number of ether oxygens (including phenoxy) is 1. The molecule has 0 fully saturated rings. The zero-order chi connectivity index (χ0) is 14.5. The molecule has 0 bridgehead atoms. The molecule has 1 amide bonds. The predicted octanol–water partition coefficient (Wildman–Crippen LogP) is 3.19. The summed E-state index contributed by atoms with van der Waals surface area (Å²) in [7, 11) is 0. The highest BCUT2D eigenvalue weighted by atomic mass is 79.9. The lowest BCUT2D eigenvalue weighted by molar-refractivity contribution is -0.118. The van der Waals surface area contributed by atoms with Gasteiger partial charge in [0.05, 0.1) is 4.47 Å². The van der Waals surface area contributed by atoms with E-state index in [0.29, 0.717) is 17.1 Å². The van der Waals surface area contributed by atoms with Crippen LogP contribution in [0.2, 0.25) is 0 Å². The van der Waals surface area contributed by atoms with Crippen LogP contribution in [0.25, 0.3) is 0 Å². The van der Waals surface area contributed by atoms with Crippen molar-refractivity contribution in [3.63, 3.8) is 0 Å². The van der Waals surface area contributed by atoms with E-state index in [-0.39, 0.29) is 22.8 Å². The van der Waals surface area contributed by atoms with Gasteiger partial charge in [0.25, 0.3) is 5.91 Å². The number of halogens is 2. The second-order valence-corrected chi connectivity index (χ2v) is 4.89. The van der Waals surface area contributed by atoms with E-state index in [1.807, 2.05) is 0 Å². The van der Waals surface area contributed by atoms with E-state index < -0.39 is 0 Å². The van der Waals surface area contributed by atoms with E-state index in [1.54, 1.807) is 24.3 Å². The quantitative estimate of drug-likeness (QED) is 0.841. The Morgan fingerprint density at radius 1 is 1.30 bits per heavy atom. The number of nitrogens with two attached hydrogens (primary N) is 1. The maximum atomic E-state index is 13.0. The number of carbonyl (C=O) groups is 1. The van der Waals surface area contributed by atoms with Crippen LogP contribution in [0.4, 0.5) is 15.8 Å². The summed E-state index contributed by atoms with van der Waals surface area (Å²) in [5.41, 5.74) is 6.64. The molecular weight excluding hydrogens is 327 g/mol. The third-order valence-electron chi connectivity index (χ3n) is 2.43. The Bertz CT molecular complexity index is 634. The molecule has 2 aromatic carbocycles. The number of hydrogen-bond donors (Lipinski definition) is 2. The molecule has 0 spiro atoms. The largest absolute Gasteiger partial charge is 0.484 e. The molecule has 0 saturated heterocycles. The number of benzene rings is 2. The first kappa shape index (κ1) is 14.3. The lowest BCUT2D eigenvalue weighted by atomic mass is 10.3. The summed E-state index contributed by atoms with van der Waals surface area (Å²) in [5.74, 6) is -0.217. The van der Waals surface area contributed by atoms with Crippen molar-refractivity contribution in [3.8, 4) is 5.75 Å². The van der Waals surface area contributed by atoms with E-state index >= 15 is 0 Å². The van der Waals surface area contributed by atoms with Gasteiger partial charge < -0.3 is 15.8 Å². The monoisotopic (exact) mass is 338 g/mol. The number of nitrogens with one attached hydrogen (secondary N) is 1. The van der Waals surface area contributed by atoms with Crippen LogP contribution in [-0.2, 0) is 4.79 Å². The standard InChI is InChI=1S/C14H12BrFN2O2/c15-12-7-10(4-5-13(12)16)18-14(19)8-20-11-3-1-2-9(17)6-11/h1-7H,8,17H2,(H,18,19). The van der Waals surface area contributed by atoms with Crippen molar-refractivity contribution in [1.29, 1.82) is 0 Å². The zero-order valence-corrected chi connectivity index (χ0v) is 12.0. The van der Waals surface area contributed by atoms with Gasteiger partial charge >= 0.3 is 0 Å². The molecule has 0 unspecified atom stereocenters. The maximum Gasteiger partial charge on any atom is 0.262 e. The molecule has 0 aliphatic rings. The summed E-state index contributed by atoms with van der Waals surface area (Å²) in [6.45, 7) is -0.154. The lowest BCUT2D eigenvalue weighted by Gasteiger charge is -2.08. The van der Waals surface area contributed by atoms with Crippen molar-refractivity contribution < 1.29 is 13.9 Å². The van der Waals surface area contributed by atoms with Gasteiger partial charge in [-0.2, -0.15) is 0 Å². The molecule has 20 heavy (non-hydrogen) atoms. The third kappa shape index (κ3) is 3.96. The van der Waals surface area contributed by atoms with Gasteiger partial charge in [-0.1, -0.05) is 6.07 Å². The molecule has 0 heterocycles. The summed E-state index contributed by atoms with van der Waals surface area (Å²) >= 11 is 3.05. The van der Waals surface area contributed by atoms with Crippen LogP contribution in [0.1, 0.15) is 0 Å². The van der Waals surface area contributed by atoms with Gasteiger partial charge in [-0.25, -0.2) is 4.39 Å². The first-order valence-corrected chi connectivity index (χ1v) is 6.57. The second-order valence-electron chi connectivity index (χ2n) is 4.04. The van der Waals surface area contributed by atoms with E-state index in [1.165, 1.54) is 18.2 Å². The van der Waals surface area contributed by atoms with Crippen molar-refractivity contribution in [2.24, 2.45) is 0 Å². The van der Waals surface area contributed by atoms with Crippen LogP contribution in [0.3, 0.4) is 0 Å². The van der Waals surface area contributed by atoms with Crippen LogP contribution in [0.5, 0.6) is 5.75 Å². The molecule has 104 valence electrons. The normalized spacial score (nSPS) is 10.1. The molecule has 0 radical (unpaired) electrons. The van der Waals surface area contributed by atoms with Crippen molar-refractivity contribution >= 4 is 33.2 Å². The second kappa shape index (κ2) is 6.38. The molecule has 2 aromatic rings. The lowest BCUT2D eigenvalue weighted by Crippen LogP contribution is -2.20. The Kier molecular flexibility index (Phi) is 4.57. The highest BCUT2D eigenvalue weighted by Gasteiger charge is 2.06. The number of amides is 1. The Balaban J connectivity index is 1.91. The van der Waals surface area contributed by atoms with Gasteiger partial charge in [0.1, 0.15) is 11.6 Å². The summed E-state index contributed by atoms with van der Waals surface area (Å²) in [4.78, 5) is 11.7. The molecular formula is C14H12BrFN2O2. The minimum atomic E-state index is -0.390. The van der Waals surface area contributed by atoms with Crippen molar-refractivity contribution in [2.45, 2.75) is 0 Å². The zero-order valence-electron chi connectivity index (χ0n) is 10.4. The van der Waals surface area contributed by atoms with Gasteiger partial charge in [0, 0.05) is 17.4 Å². The van der Waals surface area contributed by atoms with Gasteiger partial charge in [0.15, 0.2) is 6.61 Å². The van der Waals surface area contributed by atoms with E-state index in [2.05, 4.69) is 21.2 Å². The summed E-state index contributed by atoms with van der Waals surface area (Å²) < 4.78 is 18.6. The fourth-order valence-corrected chi connectivity index (χ4v) is 1.90. The highest BCUT2D eigenvalue weighted by Crippen LogP contribution is 2.20. The summed E-state index contributed by atoms with van der Waals surface area (Å²) in [6, 6.07) is 11.0. The van der Waals surface area contributed by atoms with Gasteiger partial charge in [0.2, 0.25) is 0 Å². The number of rotatable bonds is 4. The minimum Gasteiger partial charge on any atom is -0.484 e. The molecule has 0 atom stereocenters. The van der Waals surface area contributed by atoms with Crippen molar-refractivity contribution in [2.75, 3.05) is 17.7 Å². The first-order valence-electron chi connectivity index (χ1n) is 5.78. The van der Waals surface area contributed by atoms with Crippen molar-refractivity contribution in [1.82, 2.24) is 0 Å². The van der Waals surface area contributed by atoms with E-state index in [4.69, 9.17) is 10.5 Å². The van der Waals surface area contributed by atoms with Crippen molar-refractivity contribution in [3.05, 3.63) is 52.8 Å². The Labute approximate surface area is 123 Å². The Morgan fingerprint density at radius 2 is 2.10 bits per heavy atom. The minimum absolute atomic E-state index is 0.154. The Morgan fingerprint density at radius 3 is 2.80 bits per heavy atom.